The molecule has 0 aromatic carbocycles. The first-order valence-electron chi connectivity index (χ1n) is 8.18. The summed E-state index contributed by atoms with van der Waals surface area (Å²) in [6, 6.07) is 0. The van der Waals surface area contributed by atoms with Gasteiger partial charge in [0.1, 0.15) is 0 Å². The van der Waals surface area contributed by atoms with Crippen molar-refractivity contribution in [3.63, 3.8) is 0 Å². The minimum absolute atomic E-state index is 0.0713. The van der Waals surface area contributed by atoms with E-state index >= 15 is 0 Å². The van der Waals surface area contributed by atoms with E-state index in [1.165, 1.54) is 19.3 Å². The lowest BCUT2D eigenvalue weighted by Crippen LogP contribution is -2.38. The van der Waals surface area contributed by atoms with E-state index in [1.807, 2.05) is 0 Å². The highest BCUT2D eigenvalue weighted by Crippen LogP contribution is 2.71. The highest BCUT2D eigenvalue weighted by Gasteiger charge is 2.68. The number of aliphatic hydroxyl groups is 1. The van der Waals surface area contributed by atoms with E-state index in [-0.39, 0.29) is 17.3 Å². The molecular weight excluding hydrogens is 236 g/mol. The van der Waals surface area contributed by atoms with Crippen molar-refractivity contribution in [2.45, 2.75) is 70.7 Å². The van der Waals surface area contributed by atoms with Gasteiger partial charge in [-0.2, -0.15) is 0 Å². The van der Waals surface area contributed by atoms with Crippen molar-refractivity contribution in [3.8, 4) is 0 Å². The lowest BCUT2D eigenvalue weighted by atomic mass is 9.79. The summed E-state index contributed by atoms with van der Waals surface area (Å²) in [5, 5.41) is 10.9. The fourth-order valence-corrected chi connectivity index (χ4v) is 6.25. The molecule has 0 spiro atoms. The fourth-order valence-electron chi connectivity index (χ4n) is 6.25. The second-order valence-corrected chi connectivity index (χ2v) is 8.83. The summed E-state index contributed by atoms with van der Waals surface area (Å²) in [4.78, 5) is 0. The van der Waals surface area contributed by atoms with Gasteiger partial charge in [0.15, 0.2) is 0 Å². The van der Waals surface area contributed by atoms with E-state index in [4.69, 9.17) is 4.74 Å². The molecule has 2 heteroatoms. The lowest BCUT2D eigenvalue weighted by molar-refractivity contribution is -0.0910. The monoisotopic (exact) mass is 264 g/mol. The van der Waals surface area contributed by atoms with Crippen molar-refractivity contribution < 1.29 is 9.84 Å². The van der Waals surface area contributed by atoms with Crippen molar-refractivity contribution in [1.29, 1.82) is 0 Å². The summed E-state index contributed by atoms with van der Waals surface area (Å²) < 4.78 is 6.18. The molecule has 108 valence electrons. The van der Waals surface area contributed by atoms with E-state index < -0.39 is 0 Å². The fraction of sp³-hybridized carbons (Fsp3) is 1.00. The predicted octanol–water partition coefficient (Wildman–Crippen LogP) is 3.23. The molecule has 1 saturated heterocycles. The van der Waals surface area contributed by atoms with Gasteiger partial charge < -0.3 is 9.84 Å². The van der Waals surface area contributed by atoms with Crippen LogP contribution < -0.4 is 0 Å². The molecule has 3 saturated carbocycles. The smallest absolute Gasteiger partial charge is 0.0687 e. The maximum absolute atomic E-state index is 10.9. The topological polar surface area (TPSA) is 29.5 Å². The summed E-state index contributed by atoms with van der Waals surface area (Å²) in [7, 11) is 0. The normalized spacial score (nSPS) is 54.2. The van der Waals surface area contributed by atoms with Gasteiger partial charge in [0, 0.05) is 5.92 Å². The number of aliphatic hydroxyl groups excluding tert-OH is 1. The Kier molecular flexibility index (Phi) is 2.37. The zero-order chi connectivity index (χ0) is 13.6. The molecule has 1 heterocycles. The van der Waals surface area contributed by atoms with Crippen LogP contribution in [0.25, 0.3) is 0 Å². The molecule has 2 bridgehead atoms. The highest BCUT2D eigenvalue weighted by atomic mass is 16.5. The van der Waals surface area contributed by atoms with Crippen molar-refractivity contribution in [1.82, 2.24) is 0 Å². The van der Waals surface area contributed by atoms with E-state index in [0.717, 1.165) is 30.1 Å². The first kappa shape index (κ1) is 12.6. The van der Waals surface area contributed by atoms with Crippen LogP contribution in [0.3, 0.4) is 0 Å². The molecule has 0 aromatic rings. The molecule has 0 amide bonds. The zero-order valence-electron chi connectivity index (χ0n) is 12.7. The van der Waals surface area contributed by atoms with Crippen LogP contribution in [0.15, 0.2) is 0 Å². The molecule has 6 atom stereocenters. The molecule has 19 heavy (non-hydrogen) atoms. The van der Waals surface area contributed by atoms with Gasteiger partial charge in [0.2, 0.25) is 0 Å². The van der Waals surface area contributed by atoms with Gasteiger partial charge in [-0.15, -0.1) is 0 Å². The molecular formula is C17H28O2. The average Bonchev–Trinajstić information content (AvgIpc) is 2.59. The number of hydrogen-bond acceptors (Lipinski definition) is 2. The second-order valence-electron chi connectivity index (χ2n) is 8.83. The summed E-state index contributed by atoms with van der Waals surface area (Å²) in [5.74, 6) is 4.56. The number of rotatable bonds is 2. The Morgan fingerprint density at radius 2 is 1.63 bits per heavy atom. The average molecular weight is 264 g/mol. The van der Waals surface area contributed by atoms with Crippen molar-refractivity contribution in [3.05, 3.63) is 0 Å². The van der Waals surface area contributed by atoms with Crippen molar-refractivity contribution in [2.24, 2.45) is 35.5 Å². The Hall–Kier alpha value is -0.0800. The minimum Gasteiger partial charge on any atom is -0.392 e. The van der Waals surface area contributed by atoms with Gasteiger partial charge in [0.25, 0.3) is 0 Å². The predicted molar refractivity (Wildman–Crippen MR) is 74.7 cm³/mol. The van der Waals surface area contributed by atoms with Crippen LogP contribution in [-0.4, -0.2) is 22.4 Å². The molecule has 6 unspecified atom stereocenters. The van der Waals surface area contributed by atoms with Gasteiger partial charge in [-0.3, -0.25) is 0 Å². The Labute approximate surface area is 116 Å². The third-order valence-electron chi connectivity index (χ3n) is 6.75. The van der Waals surface area contributed by atoms with Gasteiger partial charge in [0.05, 0.1) is 17.3 Å². The molecule has 0 radical (unpaired) electrons. The lowest BCUT2D eigenvalue weighted by Gasteiger charge is -2.31. The Bertz CT molecular complexity index is 384. The van der Waals surface area contributed by atoms with Crippen molar-refractivity contribution in [2.75, 3.05) is 0 Å². The molecule has 1 aliphatic heterocycles. The number of fused-ring (bicyclic) bond motifs is 5. The van der Waals surface area contributed by atoms with E-state index in [2.05, 4.69) is 27.7 Å². The maximum Gasteiger partial charge on any atom is 0.0687 e. The summed E-state index contributed by atoms with van der Waals surface area (Å²) in [6.07, 6.45) is 5.22. The van der Waals surface area contributed by atoms with Crippen LogP contribution in [0.5, 0.6) is 0 Å². The van der Waals surface area contributed by atoms with E-state index in [9.17, 15) is 5.11 Å². The molecule has 4 aliphatic rings. The van der Waals surface area contributed by atoms with Crippen molar-refractivity contribution >= 4 is 0 Å². The SMILES string of the molecule is CC1(C)CC(C(O)C2C3C4CCC(C4)C32)C(C)(C)O1. The van der Waals surface area contributed by atoms with Gasteiger partial charge >= 0.3 is 0 Å². The largest absolute Gasteiger partial charge is 0.392 e. The molecule has 4 fully saturated rings. The molecule has 3 aliphatic carbocycles. The number of ether oxygens (including phenoxy) is 1. The summed E-state index contributed by atoms with van der Waals surface area (Å²) >= 11 is 0. The molecule has 1 N–H and O–H groups in total. The first-order chi connectivity index (χ1) is 8.80. The summed E-state index contributed by atoms with van der Waals surface area (Å²) in [6.45, 7) is 8.67. The van der Waals surface area contributed by atoms with Crippen LogP contribution >= 0.6 is 0 Å². The van der Waals surface area contributed by atoms with Crippen LogP contribution in [0, 0.1) is 35.5 Å². The zero-order valence-corrected chi connectivity index (χ0v) is 12.7. The second kappa shape index (κ2) is 3.57. The number of hydrogen-bond donors (Lipinski definition) is 1. The first-order valence-corrected chi connectivity index (χ1v) is 8.18. The molecule has 0 aromatic heterocycles. The third kappa shape index (κ3) is 1.68. The standard InChI is InChI=1S/C17H28O2/c1-16(2)8-11(17(3,4)19-16)15(18)14-12-9-5-6-10(7-9)13(12)14/h9-15,18H,5-8H2,1-4H3. The van der Waals surface area contributed by atoms with Gasteiger partial charge in [-0.1, -0.05) is 0 Å². The van der Waals surface area contributed by atoms with Crippen LogP contribution in [0.4, 0.5) is 0 Å². The van der Waals surface area contributed by atoms with Crippen LogP contribution in [0.1, 0.15) is 53.4 Å². The molecule has 4 rings (SSSR count). The van der Waals surface area contributed by atoms with Crippen LogP contribution in [0.2, 0.25) is 0 Å². The summed E-state index contributed by atoms with van der Waals surface area (Å²) in [5.41, 5.74) is -0.239. The Balaban J connectivity index is 1.52. The van der Waals surface area contributed by atoms with E-state index in [1.54, 1.807) is 0 Å². The molecule has 2 nitrogen and oxygen atoms in total. The van der Waals surface area contributed by atoms with Crippen LogP contribution in [-0.2, 0) is 4.74 Å². The van der Waals surface area contributed by atoms with E-state index in [0.29, 0.717) is 11.8 Å². The minimum atomic E-state index is -0.168. The highest BCUT2D eigenvalue weighted by molar-refractivity contribution is 5.16. The third-order valence-corrected chi connectivity index (χ3v) is 6.75. The Morgan fingerprint density at radius 1 is 1.05 bits per heavy atom. The quantitative estimate of drug-likeness (QED) is 0.829. The maximum atomic E-state index is 10.9. The Morgan fingerprint density at radius 3 is 2.11 bits per heavy atom. The van der Waals surface area contributed by atoms with Gasteiger partial charge in [-0.05, 0) is 83.0 Å². The van der Waals surface area contributed by atoms with Gasteiger partial charge in [-0.25, -0.2) is 0 Å².